The monoisotopic (exact) mass is 494 g/mol. The van der Waals surface area contributed by atoms with Crippen LogP contribution in [-0.2, 0) is 9.47 Å². The van der Waals surface area contributed by atoms with Crippen LogP contribution >= 0.6 is 0 Å². The number of fused-ring (bicyclic) bond motifs is 2. The summed E-state index contributed by atoms with van der Waals surface area (Å²) >= 11 is 0. The molecule has 1 aromatic rings. The van der Waals surface area contributed by atoms with Gasteiger partial charge in [0.25, 0.3) is 0 Å². The maximum absolute atomic E-state index is 13.0. The number of hydroxylamine groups is 2. The van der Waals surface area contributed by atoms with Gasteiger partial charge in [-0.05, 0) is 60.8 Å². The van der Waals surface area contributed by atoms with Crippen molar-refractivity contribution in [2.45, 2.75) is 96.2 Å². The first-order chi connectivity index (χ1) is 16.2. The van der Waals surface area contributed by atoms with Crippen molar-refractivity contribution in [1.82, 2.24) is 30.4 Å². The lowest BCUT2D eigenvalue weighted by atomic mass is 10.0. The highest BCUT2D eigenvalue weighted by molar-refractivity contribution is 5.76. The molecule has 194 valence electrons. The van der Waals surface area contributed by atoms with Crippen molar-refractivity contribution in [3.63, 3.8) is 0 Å². The molecule has 35 heavy (non-hydrogen) atoms. The number of urea groups is 1. The van der Waals surface area contributed by atoms with Gasteiger partial charge in [0.15, 0.2) is 0 Å². The number of nitrogens with one attached hydrogen (secondary N) is 1. The Labute approximate surface area is 203 Å². The summed E-state index contributed by atoms with van der Waals surface area (Å²) < 4.78 is 16.9. The molecule has 2 N–H and O–H groups in total. The first-order valence-corrected chi connectivity index (χ1v) is 11.8. The van der Waals surface area contributed by atoms with Crippen molar-refractivity contribution in [2.24, 2.45) is 0 Å². The minimum Gasteiger partial charge on any atom is -0.444 e. The predicted molar refractivity (Wildman–Crippen MR) is 119 cm³/mol. The van der Waals surface area contributed by atoms with Gasteiger partial charge in [-0.25, -0.2) is 19.4 Å². The summed E-state index contributed by atoms with van der Waals surface area (Å²) in [6, 6.07) is -2.24. The number of amides is 4. The zero-order valence-electron chi connectivity index (χ0n) is 21.0. The van der Waals surface area contributed by atoms with Crippen LogP contribution in [0, 0.1) is 0 Å². The van der Waals surface area contributed by atoms with Gasteiger partial charge >= 0.3 is 18.2 Å². The summed E-state index contributed by atoms with van der Waals surface area (Å²) in [4.78, 5) is 40.6. The largest absolute Gasteiger partial charge is 0.444 e. The van der Waals surface area contributed by atoms with Crippen LogP contribution < -0.4 is 5.32 Å². The fraction of sp³-hybridized carbons (Fsp3) is 0.773. The van der Waals surface area contributed by atoms with E-state index < -0.39 is 47.5 Å². The van der Waals surface area contributed by atoms with Crippen LogP contribution in [-0.4, -0.2) is 84.9 Å². The molecule has 3 aliphatic heterocycles. The second-order valence-corrected chi connectivity index (χ2v) is 11.2. The number of carbonyl (C=O) groups excluding carboxylic acids is 3. The Hall–Kier alpha value is -3.09. The first-order valence-electron chi connectivity index (χ1n) is 11.8. The summed E-state index contributed by atoms with van der Waals surface area (Å²) in [7, 11) is 0. The van der Waals surface area contributed by atoms with E-state index in [2.05, 4.69) is 15.5 Å². The Morgan fingerprint density at radius 3 is 2.26 bits per heavy atom. The highest BCUT2D eigenvalue weighted by Gasteiger charge is 2.48. The molecule has 0 saturated carbocycles. The third-order valence-electron chi connectivity index (χ3n) is 6.02. The van der Waals surface area contributed by atoms with E-state index in [0.717, 1.165) is 5.06 Å². The normalized spacial score (nSPS) is 26.8. The molecule has 13 nitrogen and oxygen atoms in total. The number of hydrogen-bond acceptors (Lipinski definition) is 9. The lowest BCUT2D eigenvalue weighted by Crippen LogP contribution is -2.42. The number of alkyl carbamates (subject to hydrolysis) is 1. The molecule has 4 rings (SSSR count). The third kappa shape index (κ3) is 5.44. The smallest absolute Gasteiger partial charge is 0.411 e. The maximum Gasteiger partial charge on any atom is 0.411 e. The molecule has 0 aromatic carbocycles. The van der Waals surface area contributed by atoms with Crippen molar-refractivity contribution >= 4 is 18.2 Å². The van der Waals surface area contributed by atoms with E-state index in [1.54, 1.807) is 41.5 Å². The molecule has 3 saturated heterocycles. The highest BCUT2D eigenvalue weighted by atomic mass is 16.6. The van der Waals surface area contributed by atoms with Crippen LogP contribution in [0.3, 0.4) is 0 Å². The summed E-state index contributed by atoms with van der Waals surface area (Å²) in [6.45, 7) is 11.2. The van der Waals surface area contributed by atoms with E-state index in [4.69, 9.17) is 13.9 Å². The van der Waals surface area contributed by atoms with Gasteiger partial charge in [0, 0.05) is 13.1 Å². The molecule has 1 aromatic heterocycles. The van der Waals surface area contributed by atoms with Crippen molar-refractivity contribution in [3.05, 3.63) is 11.8 Å². The fourth-order valence-corrected chi connectivity index (χ4v) is 4.59. The Bertz CT molecular complexity index is 984. The average Bonchev–Trinajstić information content (AvgIpc) is 3.41. The van der Waals surface area contributed by atoms with E-state index >= 15 is 0 Å². The zero-order valence-corrected chi connectivity index (χ0v) is 21.0. The van der Waals surface area contributed by atoms with Crippen molar-refractivity contribution in [3.8, 4) is 0 Å². The number of piperidine rings is 1. The van der Waals surface area contributed by atoms with Gasteiger partial charge in [-0.3, -0.25) is 10.1 Å². The molecule has 0 radical (unpaired) electrons. The van der Waals surface area contributed by atoms with E-state index in [-0.39, 0.29) is 24.4 Å². The van der Waals surface area contributed by atoms with Gasteiger partial charge in [-0.1, -0.05) is 0 Å². The predicted octanol–water partition coefficient (Wildman–Crippen LogP) is 2.98. The second kappa shape index (κ2) is 8.85. The van der Waals surface area contributed by atoms with Gasteiger partial charge in [0.05, 0.1) is 12.1 Å². The van der Waals surface area contributed by atoms with E-state index in [0.29, 0.717) is 25.8 Å². The third-order valence-corrected chi connectivity index (χ3v) is 6.02. The molecule has 3 aliphatic rings. The maximum atomic E-state index is 13.0. The first kappa shape index (κ1) is 25.0. The SMILES string of the molecule is CC(C)(C)OC(=O)N[C@@H]1C[C@H](c2nnc([C@@H]3CC[C@H]4CN3C(=O)N4O)o2)N(C(=O)OC(C)(C)C)C1. The Kier molecular flexibility index (Phi) is 6.32. The van der Waals surface area contributed by atoms with Gasteiger partial charge in [0.1, 0.15) is 23.3 Å². The van der Waals surface area contributed by atoms with Crippen LogP contribution in [0.2, 0.25) is 0 Å². The van der Waals surface area contributed by atoms with Crippen LogP contribution in [0.25, 0.3) is 0 Å². The van der Waals surface area contributed by atoms with Gasteiger partial charge < -0.3 is 24.1 Å². The van der Waals surface area contributed by atoms with Crippen molar-refractivity contribution < 1.29 is 33.5 Å². The van der Waals surface area contributed by atoms with E-state index in [1.165, 1.54) is 9.80 Å². The van der Waals surface area contributed by atoms with Gasteiger partial charge in [0.2, 0.25) is 11.8 Å². The van der Waals surface area contributed by atoms with Crippen LogP contribution in [0.1, 0.15) is 84.7 Å². The number of rotatable bonds is 3. The number of ether oxygens (including phenoxy) is 2. The average molecular weight is 495 g/mol. The van der Waals surface area contributed by atoms with Gasteiger partial charge in [-0.15, -0.1) is 10.2 Å². The van der Waals surface area contributed by atoms with Crippen LogP contribution in [0.15, 0.2) is 4.42 Å². The Morgan fingerprint density at radius 2 is 1.63 bits per heavy atom. The lowest BCUT2D eigenvalue weighted by molar-refractivity contribution is -0.0584. The number of likely N-dealkylation sites (tertiary alicyclic amines) is 1. The molecule has 4 atom stereocenters. The number of nitrogens with zero attached hydrogens (tertiary/aromatic N) is 5. The molecule has 2 bridgehead atoms. The van der Waals surface area contributed by atoms with Crippen molar-refractivity contribution in [1.29, 1.82) is 0 Å². The molecule has 4 amide bonds. The van der Waals surface area contributed by atoms with Crippen LogP contribution in [0.4, 0.5) is 14.4 Å². The molecule has 3 fully saturated rings. The van der Waals surface area contributed by atoms with Crippen molar-refractivity contribution in [2.75, 3.05) is 13.1 Å². The number of aromatic nitrogens is 2. The van der Waals surface area contributed by atoms with Gasteiger partial charge in [-0.2, -0.15) is 0 Å². The molecule has 0 unspecified atom stereocenters. The second-order valence-electron chi connectivity index (χ2n) is 11.2. The quantitative estimate of drug-likeness (QED) is 0.604. The van der Waals surface area contributed by atoms with Crippen LogP contribution in [0.5, 0.6) is 0 Å². The minimum absolute atomic E-state index is 0.172. The minimum atomic E-state index is -0.719. The van der Waals surface area contributed by atoms with E-state index in [1.807, 2.05) is 0 Å². The molecule has 4 heterocycles. The zero-order chi connectivity index (χ0) is 25.7. The molecule has 0 spiro atoms. The topological polar surface area (TPSA) is 151 Å². The standard InChI is InChI=1S/C22H34N6O7/c1-21(2,3)34-18(29)23-12-9-15(27(10-12)20(31)35-22(4,5)6)17-25-24-16(33-17)14-8-7-13-11-26(14)19(30)28(13)32/h12-15,32H,7-11H2,1-6H3,(H,23,29)/t12-,13+,14+,15-/m1/s1. The summed E-state index contributed by atoms with van der Waals surface area (Å²) in [5.74, 6) is 0.434. The Balaban J connectivity index is 1.52. The molecule has 13 heteroatoms. The summed E-state index contributed by atoms with van der Waals surface area (Å²) in [5.41, 5.74) is -1.38. The van der Waals surface area contributed by atoms with E-state index in [9.17, 15) is 19.6 Å². The molecular weight excluding hydrogens is 460 g/mol. The lowest BCUT2D eigenvalue weighted by Gasteiger charge is -2.28. The fourth-order valence-electron chi connectivity index (χ4n) is 4.59. The molecular formula is C22H34N6O7. The summed E-state index contributed by atoms with van der Waals surface area (Å²) in [6.07, 6.45) is 0.340. The molecule has 0 aliphatic carbocycles. The number of hydrogen-bond donors (Lipinski definition) is 2. The number of carbonyl (C=O) groups is 3. The Morgan fingerprint density at radius 1 is 1.00 bits per heavy atom. The summed E-state index contributed by atoms with van der Waals surface area (Å²) in [5, 5.41) is 21.8. The highest BCUT2D eigenvalue weighted by Crippen LogP contribution is 2.39.